The Balaban J connectivity index is 1.21. The molecule has 0 aliphatic carbocycles. The standard InChI is InChI=1S/C37H36N8O3/c1-4-5-8-26-22-33(45(44-26)28-13-11-23(2)12-14-28)42-37(47)41-31-15-16-32(30-10-7-6-9-29(30)31)48-34-17-18-39-36(43-34)40-27-20-24(3)19-25(21-27)35(38)46/h6-7,9-22H,4-5,8H2,1-3H3,(H2,38,46)(H,39,40,43)(H2,41,42,47). The summed E-state index contributed by atoms with van der Waals surface area (Å²) in [4.78, 5) is 33.9. The summed E-state index contributed by atoms with van der Waals surface area (Å²) in [5.41, 5.74) is 10.9. The second kappa shape index (κ2) is 14.0. The third-order valence-corrected chi connectivity index (χ3v) is 7.66. The SMILES string of the molecule is CCCCc1cc(NC(=O)Nc2ccc(Oc3ccnc(Nc4cc(C)cc(C(N)=O)c4)n3)c3ccccc23)n(-c2ccc(C)cc2)n1. The Labute approximate surface area is 278 Å². The number of fused-ring (bicyclic) bond motifs is 1. The molecule has 6 aromatic rings. The number of amides is 3. The number of carbonyl (C=O) groups is 2. The van der Waals surface area contributed by atoms with E-state index in [0.29, 0.717) is 34.4 Å². The Morgan fingerprint density at radius 1 is 0.875 bits per heavy atom. The molecule has 0 saturated carbocycles. The molecule has 0 fully saturated rings. The van der Waals surface area contributed by atoms with E-state index in [1.54, 1.807) is 41.2 Å². The predicted molar refractivity (Wildman–Crippen MR) is 189 cm³/mol. The van der Waals surface area contributed by atoms with Crippen molar-refractivity contribution in [3.05, 3.63) is 120 Å². The quantitative estimate of drug-likeness (QED) is 0.112. The lowest BCUT2D eigenvalue weighted by Crippen LogP contribution is -2.21. The molecule has 11 heteroatoms. The topological polar surface area (TPSA) is 149 Å². The van der Waals surface area contributed by atoms with Gasteiger partial charge in [-0.05, 0) is 74.7 Å². The van der Waals surface area contributed by atoms with Crippen molar-refractivity contribution in [1.29, 1.82) is 0 Å². The number of urea groups is 1. The summed E-state index contributed by atoms with van der Waals surface area (Å²) in [6.45, 7) is 6.04. The maximum absolute atomic E-state index is 13.4. The molecule has 2 heterocycles. The molecular formula is C37H36N8O3. The van der Waals surface area contributed by atoms with Gasteiger partial charge in [-0.25, -0.2) is 14.5 Å². The number of nitrogens with one attached hydrogen (secondary N) is 3. The van der Waals surface area contributed by atoms with Crippen LogP contribution in [-0.2, 0) is 6.42 Å². The summed E-state index contributed by atoms with van der Waals surface area (Å²) < 4.78 is 7.98. The maximum Gasteiger partial charge on any atom is 0.324 e. The molecule has 0 spiro atoms. The minimum Gasteiger partial charge on any atom is -0.438 e. The van der Waals surface area contributed by atoms with Gasteiger partial charge in [0.1, 0.15) is 11.6 Å². The van der Waals surface area contributed by atoms with Gasteiger partial charge in [-0.15, -0.1) is 0 Å². The van der Waals surface area contributed by atoms with Crippen LogP contribution in [0.5, 0.6) is 11.6 Å². The molecule has 0 aliphatic rings. The Morgan fingerprint density at radius 2 is 1.67 bits per heavy atom. The first-order valence-corrected chi connectivity index (χ1v) is 15.7. The third kappa shape index (κ3) is 7.42. The molecule has 0 bridgehead atoms. The van der Waals surface area contributed by atoms with Crippen molar-refractivity contribution in [2.24, 2.45) is 5.73 Å². The number of unbranched alkanes of at least 4 members (excludes halogenated alkanes) is 1. The number of nitrogens with two attached hydrogens (primary N) is 1. The number of ether oxygens (including phenoxy) is 1. The highest BCUT2D eigenvalue weighted by atomic mass is 16.5. The minimum atomic E-state index is -0.521. The van der Waals surface area contributed by atoms with Crippen LogP contribution in [0.3, 0.4) is 0 Å². The smallest absolute Gasteiger partial charge is 0.324 e. The van der Waals surface area contributed by atoms with Gasteiger partial charge in [0.25, 0.3) is 0 Å². The molecule has 2 aromatic heterocycles. The average molecular weight is 641 g/mol. The van der Waals surface area contributed by atoms with Gasteiger partial charge in [0.05, 0.1) is 17.1 Å². The number of hydrogen-bond donors (Lipinski definition) is 4. The van der Waals surface area contributed by atoms with Crippen molar-refractivity contribution in [1.82, 2.24) is 19.7 Å². The van der Waals surface area contributed by atoms with Gasteiger partial charge >= 0.3 is 6.03 Å². The molecule has 0 aliphatic heterocycles. The normalized spacial score (nSPS) is 10.9. The predicted octanol–water partition coefficient (Wildman–Crippen LogP) is 8.05. The number of rotatable bonds is 11. The molecular weight excluding hydrogens is 604 g/mol. The zero-order valence-electron chi connectivity index (χ0n) is 26.9. The van der Waals surface area contributed by atoms with Crippen LogP contribution in [0.25, 0.3) is 16.5 Å². The van der Waals surface area contributed by atoms with Gasteiger partial charge in [0, 0.05) is 40.4 Å². The maximum atomic E-state index is 13.4. The van der Waals surface area contributed by atoms with E-state index in [1.165, 1.54) is 0 Å². The first-order chi connectivity index (χ1) is 23.2. The fraction of sp³-hybridized carbons (Fsp3) is 0.162. The molecule has 4 aromatic carbocycles. The Morgan fingerprint density at radius 3 is 2.44 bits per heavy atom. The molecule has 0 radical (unpaired) electrons. The van der Waals surface area contributed by atoms with Crippen molar-refractivity contribution in [3.63, 3.8) is 0 Å². The molecule has 0 saturated heterocycles. The lowest BCUT2D eigenvalue weighted by molar-refractivity contribution is 0.1000. The summed E-state index contributed by atoms with van der Waals surface area (Å²) in [5.74, 6) is 1.20. The summed E-state index contributed by atoms with van der Waals surface area (Å²) in [6, 6.07) is 27.6. The summed E-state index contributed by atoms with van der Waals surface area (Å²) in [6.07, 6.45) is 4.46. The van der Waals surface area contributed by atoms with Crippen molar-refractivity contribution in [3.8, 4) is 17.3 Å². The second-order valence-corrected chi connectivity index (χ2v) is 11.5. The van der Waals surface area contributed by atoms with Crippen LogP contribution in [0, 0.1) is 13.8 Å². The molecule has 242 valence electrons. The van der Waals surface area contributed by atoms with E-state index in [-0.39, 0.29) is 5.95 Å². The van der Waals surface area contributed by atoms with E-state index in [2.05, 4.69) is 32.8 Å². The molecule has 0 unspecified atom stereocenters. The van der Waals surface area contributed by atoms with Crippen LogP contribution < -0.4 is 26.4 Å². The van der Waals surface area contributed by atoms with E-state index in [0.717, 1.165) is 52.5 Å². The average Bonchev–Trinajstić information content (AvgIpc) is 3.47. The van der Waals surface area contributed by atoms with Crippen LogP contribution >= 0.6 is 0 Å². The van der Waals surface area contributed by atoms with E-state index in [9.17, 15) is 9.59 Å². The highest BCUT2D eigenvalue weighted by Gasteiger charge is 2.15. The van der Waals surface area contributed by atoms with Crippen molar-refractivity contribution in [2.45, 2.75) is 40.0 Å². The number of nitrogens with zero attached hydrogens (tertiary/aromatic N) is 4. The molecule has 6 rings (SSSR count). The van der Waals surface area contributed by atoms with Crippen LogP contribution in [0.2, 0.25) is 0 Å². The number of carbonyl (C=O) groups excluding carboxylic acids is 2. The number of hydrogen-bond acceptors (Lipinski definition) is 7. The highest BCUT2D eigenvalue weighted by molar-refractivity contribution is 6.07. The number of aromatic nitrogens is 4. The molecule has 3 amide bonds. The van der Waals surface area contributed by atoms with Crippen LogP contribution in [0.15, 0.2) is 97.2 Å². The van der Waals surface area contributed by atoms with Gasteiger partial charge in [-0.1, -0.05) is 55.3 Å². The molecule has 0 atom stereocenters. The van der Waals surface area contributed by atoms with Crippen LogP contribution in [0.4, 0.5) is 27.9 Å². The van der Waals surface area contributed by atoms with Gasteiger partial charge in [0.15, 0.2) is 0 Å². The van der Waals surface area contributed by atoms with Crippen molar-refractivity contribution in [2.75, 3.05) is 16.0 Å². The van der Waals surface area contributed by atoms with Crippen LogP contribution in [-0.4, -0.2) is 31.7 Å². The third-order valence-electron chi connectivity index (χ3n) is 7.66. The van der Waals surface area contributed by atoms with Crippen molar-refractivity contribution >= 4 is 45.9 Å². The minimum absolute atomic E-state index is 0.288. The Hall–Kier alpha value is -6.23. The van der Waals surface area contributed by atoms with Gasteiger partial charge in [-0.3, -0.25) is 10.1 Å². The van der Waals surface area contributed by atoms with Crippen molar-refractivity contribution < 1.29 is 14.3 Å². The number of primary amides is 1. The molecule has 48 heavy (non-hydrogen) atoms. The lowest BCUT2D eigenvalue weighted by Gasteiger charge is -2.14. The number of aryl methyl sites for hydroxylation is 3. The van der Waals surface area contributed by atoms with E-state index in [1.807, 2.05) is 74.5 Å². The van der Waals surface area contributed by atoms with Crippen LogP contribution in [0.1, 0.15) is 46.9 Å². The zero-order chi connectivity index (χ0) is 33.6. The van der Waals surface area contributed by atoms with E-state index in [4.69, 9.17) is 15.6 Å². The van der Waals surface area contributed by atoms with Gasteiger partial charge < -0.3 is 21.1 Å². The van der Waals surface area contributed by atoms with Gasteiger partial charge in [0.2, 0.25) is 17.7 Å². The molecule has 11 nitrogen and oxygen atoms in total. The van der Waals surface area contributed by atoms with E-state index >= 15 is 0 Å². The first kappa shape index (κ1) is 31.7. The van der Waals surface area contributed by atoms with Gasteiger partial charge in [-0.2, -0.15) is 10.1 Å². The fourth-order valence-corrected chi connectivity index (χ4v) is 5.32. The summed E-state index contributed by atoms with van der Waals surface area (Å²) in [7, 11) is 0. The monoisotopic (exact) mass is 640 g/mol. The fourth-order valence-electron chi connectivity index (χ4n) is 5.32. The summed E-state index contributed by atoms with van der Waals surface area (Å²) >= 11 is 0. The summed E-state index contributed by atoms with van der Waals surface area (Å²) in [5, 5.41) is 15.5. The number of anilines is 4. The molecule has 5 N–H and O–H groups in total. The first-order valence-electron chi connectivity index (χ1n) is 15.7. The second-order valence-electron chi connectivity index (χ2n) is 11.5. The van der Waals surface area contributed by atoms with E-state index < -0.39 is 11.9 Å². The Kier molecular flexibility index (Phi) is 9.28. The lowest BCUT2D eigenvalue weighted by atomic mass is 10.1. The largest absolute Gasteiger partial charge is 0.438 e. The number of benzene rings is 4. The highest BCUT2D eigenvalue weighted by Crippen LogP contribution is 2.34. The Bertz CT molecular complexity index is 2110. The zero-order valence-corrected chi connectivity index (χ0v) is 26.9.